The van der Waals surface area contributed by atoms with Crippen LogP contribution in [-0.2, 0) is 9.47 Å². The van der Waals surface area contributed by atoms with Gasteiger partial charge < -0.3 is 29.5 Å². The SMILES string of the molecule is COc1cc(O)c2c(c1)/C=C/CC(O)C(O)C(OC)CCC(C)C(C)OC2=O. The van der Waals surface area contributed by atoms with Gasteiger partial charge in [-0.15, -0.1) is 0 Å². The van der Waals surface area contributed by atoms with Gasteiger partial charge in [0.15, 0.2) is 0 Å². The third kappa shape index (κ3) is 5.25. The van der Waals surface area contributed by atoms with Gasteiger partial charge in [-0.25, -0.2) is 4.79 Å². The van der Waals surface area contributed by atoms with Gasteiger partial charge in [0.2, 0.25) is 0 Å². The van der Waals surface area contributed by atoms with E-state index >= 15 is 0 Å². The van der Waals surface area contributed by atoms with E-state index in [1.54, 1.807) is 25.1 Å². The number of benzene rings is 1. The molecule has 0 saturated heterocycles. The lowest BCUT2D eigenvalue weighted by Crippen LogP contribution is -2.39. The Hall–Kier alpha value is -2.09. The number of hydrogen-bond donors (Lipinski definition) is 3. The molecule has 1 heterocycles. The van der Waals surface area contributed by atoms with Crippen molar-refractivity contribution in [2.75, 3.05) is 14.2 Å². The summed E-state index contributed by atoms with van der Waals surface area (Å²) in [7, 11) is 2.96. The number of rotatable bonds is 2. The number of fused-ring (bicyclic) bond motifs is 1. The fraction of sp³-hybridized carbons (Fsp3) is 0.571. The average Bonchev–Trinajstić information content (AvgIpc) is 2.66. The maximum atomic E-state index is 12.7. The van der Waals surface area contributed by atoms with Crippen LogP contribution in [-0.4, -0.2) is 59.9 Å². The molecule has 156 valence electrons. The Labute approximate surface area is 165 Å². The summed E-state index contributed by atoms with van der Waals surface area (Å²) in [6, 6.07) is 2.96. The van der Waals surface area contributed by atoms with Gasteiger partial charge in [0.05, 0.1) is 19.3 Å². The molecular weight excluding hydrogens is 364 g/mol. The first kappa shape index (κ1) is 22.2. The van der Waals surface area contributed by atoms with Crippen LogP contribution in [0.25, 0.3) is 6.08 Å². The summed E-state index contributed by atoms with van der Waals surface area (Å²) in [6.07, 6.45) is 1.53. The third-order valence-electron chi connectivity index (χ3n) is 5.32. The molecule has 0 saturated carbocycles. The number of esters is 1. The van der Waals surface area contributed by atoms with Crippen LogP contribution in [0.4, 0.5) is 0 Å². The fourth-order valence-electron chi connectivity index (χ4n) is 3.25. The molecule has 0 fully saturated rings. The van der Waals surface area contributed by atoms with Crippen molar-refractivity contribution in [3.8, 4) is 11.5 Å². The first-order chi connectivity index (χ1) is 13.3. The van der Waals surface area contributed by atoms with Crippen molar-refractivity contribution < 1.29 is 34.3 Å². The average molecular weight is 394 g/mol. The molecule has 1 aromatic rings. The van der Waals surface area contributed by atoms with Gasteiger partial charge >= 0.3 is 5.97 Å². The van der Waals surface area contributed by atoms with Crippen LogP contribution in [0.15, 0.2) is 18.2 Å². The third-order valence-corrected chi connectivity index (χ3v) is 5.32. The number of hydrogen-bond acceptors (Lipinski definition) is 7. The maximum absolute atomic E-state index is 12.7. The largest absolute Gasteiger partial charge is 0.507 e. The van der Waals surface area contributed by atoms with Crippen molar-refractivity contribution in [2.45, 2.75) is 57.5 Å². The summed E-state index contributed by atoms with van der Waals surface area (Å²) in [5.41, 5.74) is 0.446. The molecule has 0 aromatic heterocycles. The number of carbonyl (C=O) groups excluding carboxylic acids is 1. The highest BCUT2D eigenvalue weighted by Crippen LogP contribution is 2.31. The van der Waals surface area contributed by atoms with E-state index < -0.39 is 30.4 Å². The van der Waals surface area contributed by atoms with E-state index in [0.717, 1.165) is 0 Å². The van der Waals surface area contributed by atoms with Crippen molar-refractivity contribution in [1.29, 1.82) is 0 Å². The molecule has 7 nitrogen and oxygen atoms in total. The number of cyclic esters (lactones) is 1. The van der Waals surface area contributed by atoms with Crippen molar-refractivity contribution in [1.82, 2.24) is 0 Å². The maximum Gasteiger partial charge on any atom is 0.342 e. The van der Waals surface area contributed by atoms with Crippen molar-refractivity contribution >= 4 is 12.0 Å². The van der Waals surface area contributed by atoms with Crippen LogP contribution in [0, 0.1) is 5.92 Å². The Bertz CT molecular complexity index is 700. The van der Waals surface area contributed by atoms with E-state index in [4.69, 9.17) is 14.2 Å². The second-order valence-electron chi connectivity index (χ2n) is 7.25. The quantitative estimate of drug-likeness (QED) is 0.662. The summed E-state index contributed by atoms with van der Waals surface area (Å²) in [5, 5.41) is 31.1. The lowest BCUT2D eigenvalue weighted by atomic mass is 9.93. The molecule has 2 rings (SSSR count). The number of aliphatic hydroxyl groups is 2. The lowest BCUT2D eigenvalue weighted by molar-refractivity contribution is -0.0795. The molecule has 0 radical (unpaired) electrons. The number of phenolic OH excluding ortho intramolecular Hbond substituents is 1. The Morgan fingerprint density at radius 2 is 1.86 bits per heavy atom. The van der Waals surface area contributed by atoms with Crippen LogP contribution < -0.4 is 4.74 Å². The molecule has 0 amide bonds. The normalized spacial score (nSPS) is 30.6. The number of aliphatic hydroxyl groups excluding tert-OH is 2. The van der Waals surface area contributed by atoms with E-state index in [-0.39, 0.29) is 23.7 Å². The Morgan fingerprint density at radius 1 is 1.14 bits per heavy atom. The molecule has 1 aliphatic rings. The van der Waals surface area contributed by atoms with E-state index in [1.807, 2.05) is 6.92 Å². The van der Waals surface area contributed by atoms with E-state index in [2.05, 4.69) is 0 Å². The predicted molar refractivity (Wildman–Crippen MR) is 104 cm³/mol. The molecule has 1 aromatic carbocycles. The Kier molecular flexibility index (Phi) is 7.86. The molecular formula is C21H30O7. The second kappa shape index (κ2) is 9.91. The molecule has 7 heteroatoms. The first-order valence-electron chi connectivity index (χ1n) is 9.45. The molecule has 5 atom stereocenters. The summed E-state index contributed by atoms with van der Waals surface area (Å²) in [6.45, 7) is 3.73. The molecule has 0 spiro atoms. The number of phenols is 1. The second-order valence-corrected chi connectivity index (χ2v) is 7.25. The summed E-state index contributed by atoms with van der Waals surface area (Å²) in [5.74, 6) is -0.486. The van der Waals surface area contributed by atoms with E-state index in [1.165, 1.54) is 20.3 Å². The lowest BCUT2D eigenvalue weighted by Gasteiger charge is -2.28. The number of methoxy groups -OCH3 is 2. The molecule has 3 N–H and O–H groups in total. The highest BCUT2D eigenvalue weighted by atomic mass is 16.5. The van der Waals surface area contributed by atoms with Gasteiger partial charge in [-0.1, -0.05) is 19.1 Å². The minimum absolute atomic E-state index is 0.00623. The molecule has 1 aliphatic heterocycles. The number of carbonyl (C=O) groups is 1. The monoisotopic (exact) mass is 394 g/mol. The minimum atomic E-state index is -1.04. The minimum Gasteiger partial charge on any atom is -0.507 e. The number of ether oxygens (including phenoxy) is 3. The van der Waals surface area contributed by atoms with Gasteiger partial charge in [0.25, 0.3) is 0 Å². The fourth-order valence-corrected chi connectivity index (χ4v) is 3.25. The molecule has 28 heavy (non-hydrogen) atoms. The van der Waals surface area contributed by atoms with Crippen LogP contribution >= 0.6 is 0 Å². The first-order valence-corrected chi connectivity index (χ1v) is 9.45. The van der Waals surface area contributed by atoms with E-state index in [9.17, 15) is 20.1 Å². The van der Waals surface area contributed by atoms with Crippen molar-refractivity contribution in [3.63, 3.8) is 0 Å². The van der Waals surface area contributed by atoms with Crippen LogP contribution in [0.1, 0.15) is 49.0 Å². The highest BCUT2D eigenvalue weighted by Gasteiger charge is 2.28. The van der Waals surface area contributed by atoms with Crippen LogP contribution in [0.2, 0.25) is 0 Å². The van der Waals surface area contributed by atoms with Gasteiger partial charge in [-0.3, -0.25) is 0 Å². The van der Waals surface area contributed by atoms with E-state index in [0.29, 0.717) is 24.2 Å². The van der Waals surface area contributed by atoms with Crippen LogP contribution in [0.3, 0.4) is 0 Å². The van der Waals surface area contributed by atoms with Gasteiger partial charge in [0, 0.05) is 13.2 Å². The zero-order valence-electron chi connectivity index (χ0n) is 16.8. The summed E-state index contributed by atoms with van der Waals surface area (Å²) in [4.78, 5) is 12.7. The van der Waals surface area contributed by atoms with Gasteiger partial charge in [-0.2, -0.15) is 0 Å². The number of aromatic hydroxyl groups is 1. The Balaban J connectivity index is 2.44. The topological polar surface area (TPSA) is 105 Å². The van der Waals surface area contributed by atoms with Crippen molar-refractivity contribution in [2.24, 2.45) is 5.92 Å². The van der Waals surface area contributed by atoms with Gasteiger partial charge in [-0.05, 0) is 43.7 Å². The molecule has 0 bridgehead atoms. The Morgan fingerprint density at radius 3 is 2.50 bits per heavy atom. The standard InChI is InChI=1S/C21H30O7/c1-12-8-9-18(27-4)20(24)16(22)7-5-6-14-10-15(26-3)11-17(23)19(14)21(25)28-13(12)2/h5-6,10-13,16,18,20,22-24H,7-9H2,1-4H3/b6-5+. The molecule has 0 aliphatic carbocycles. The summed E-state index contributed by atoms with van der Waals surface area (Å²) >= 11 is 0. The molecule has 5 unspecified atom stereocenters. The van der Waals surface area contributed by atoms with Crippen molar-refractivity contribution in [3.05, 3.63) is 29.3 Å². The zero-order valence-corrected chi connectivity index (χ0v) is 16.8. The smallest absolute Gasteiger partial charge is 0.342 e. The summed E-state index contributed by atoms with van der Waals surface area (Å²) < 4.78 is 16.1. The van der Waals surface area contributed by atoms with Gasteiger partial charge in [0.1, 0.15) is 29.3 Å². The van der Waals surface area contributed by atoms with Crippen LogP contribution in [0.5, 0.6) is 11.5 Å². The predicted octanol–water partition coefficient (Wildman–Crippen LogP) is 2.52. The highest BCUT2D eigenvalue weighted by molar-refractivity contribution is 5.97. The zero-order chi connectivity index (χ0) is 20.8.